The van der Waals surface area contributed by atoms with Crippen LogP contribution in [0.15, 0.2) is 29.3 Å². The van der Waals surface area contributed by atoms with Crippen LogP contribution in [-0.2, 0) is 17.8 Å². The van der Waals surface area contributed by atoms with Crippen molar-refractivity contribution in [3.63, 3.8) is 0 Å². The third kappa shape index (κ3) is 4.98. The topological polar surface area (TPSA) is 56.7 Å². The summed E-state index contributed by atoms with van der Waals surface area (Å²) in [5.74, 6) is 1.30. The van der Waals surface area contributed by atoms with Gasteiger partial charge in [0.1, 0.15) is 6.54 Å². The molecular formula is C19H30N4O. The van der Waals surface area contributed by atoms with Crippen LogP contribution in [0.5, 0.6) is 0 Å². The van der Waals surface area contributed by atoms with E-state index in [0.29, 0.717) is 24.5 Å². The van der Waals surface area contributed by atoms with Crippen LogP contribution in [0.2, 0.25) is 0 Å². The van der Waals surface area contributed by atoms with Gasteiger partial charge in [-0.2, -0.15) is 0 Å². The van der Waals surface area contributed by atoms with Crippen molar-refractivity contribution >= 4 is 11.9 Å². The van der Waals surface area contributed by atoms with E-state index < -0.39 is 0 Å². The molecule has 0 radical (unpaired) electrons. The summed E-state index contributed by atoms with van der Waals surface area (Å²) in [4.78, 5) is 18.9. The predicted octanol–water partition coefficient (Wildman–Crippen LogP) is 2.17. The molecule has 1 unspecified atom stereocenters. The molecule has 24 heavy (non-hydrogen) atoms. The number of amides is 1. The lowest BCUT2D eigenvalue weighted by atomic mass is 10.00. The maximum absolute atomic E-state index is 12.5. The molecule has 1 aliphatic rings. The second-order valence-corrected chi connectivity index (χ2v) is 6.71. The Labute approximate surface area is 145 Å². The largest absolute Gasteiger partial charge is 0.357 e. The highest BCUT2D eigenvalue weighted by molar-refractivity contribution is 5.85. The molecule has 1 atom stereocenters. The van der Waals surface area contributed by atoms with Gasteiger partial charge in [0.15, 0.2) is 5.96 Å². The minimum absolute atomic E-state index is 0.0823. The van der Waals surface area contributed by atoms with Gasteiger partial charge in [-0.15, -0.1) is 0 Å². The van der Waals surface area contributed by atoms with Crippen LogP contribution in [0.25, 0.3) is 0 Å². The second kappa shape index (κ2) is 8.71. The Kier molecular flexibility index (Phi) is 6.64. The fourth-order valence-corrected chi connectivity index (χ4v) is 2.66. The molecule has 132 valence electrons. The van der Waals surface area contributed by atoms with Crippen molar-refractivity contribution in [3.05, 3.63) is 35.4 Å². The molecule has 0 spiro atoms. The fourth-order valence-electron chi connectivity index (χ4n) is 2.66. The Bertz CT molecular complexity index is 582. The van der Waals surface area contributed by atoms with Gasteiger partial charge < -0.3 is 15.5 Å². The lowest BCUT2D eigenvalue weighted by Crippen LogP contribution is -2.45. The number of hydrogen-bond acceptors (Lipinski definition) is 2. The first-order valence-electron chi connectivity index (χ1n) is 8.90. The van der Waals surface area contributed by atoms with Gasteiger partial charge in [-0.3, -0.25) is 4.79 Å². The van der Waals surface area contributed by atoms with Crippen molar-refractivity contribution in [3.8, 4) is 0 Å². The van der Waals surface area contributed by atoms with Crippen LogP contribution in [0, 0.1) is 5.92 Å². The smallest absolute Gasteiger partial charge is 0.244 e. The number of carbonyl (C=O) groups is 1. The quantitative estimate of drug-likeness (QED) is 0.643. The highest BCUT2D eigenvalue weighted by atomic mass is 16.2. The third-order valence-corrected chi connectivity index (χ3v) is 4.56. The van der Waals surface area contributed by atoms with E-state index >= 15 is 0 Å². The van der Waals surface area contributed by atoms with E-state index in [2.05, 4.69) is 54.6 Å². The third-order valence-electron chi connectivity index (χ3n) is 4.56. The van der Waals surface area contributed by atoms with E-state index in [-0.39, 0.29) is 12.5 Å². The molecule has 1 amide bonds. The molecule has 0 saturated carbocycles. The first kappa shape index (κ1) is 18.3. The van der Waals surface area contributed by atoms with Crippen LogP contribution in [-0.4, -0.2) is 42.4 Å². The zero-order chi connectivity index (χ0) is 17.5. The summed E-state index contributed by atoms with van der Waals surface area (Å²) in [6.45, 7) is 10.9. The van der Waals surface area contributed by atoms with Gasteiger partial charge in [-0.1, -0.05) is 38.1 Å². The zero-order valence-corrected chi connectivity index (χ0v) is 15.3. The summed E-state index contributed by atoms with van der Waals surface area (Å²) >= 11 is 0. The van der Waals surface area contributed by atoms with Gasteiger partial charge in [0.25, 0.3) is 0 Å². The molecule has 5 nitrogen and oxygen atoms in total. The lowest BCUT2D eigenvalue weighted by Gasteiger charge is -2.28. The summed E-state index contributed by atoms with van der Waals surface area (Å²) in [5, 5.41) is 6.57. The average Bonchev–Trinajstić information content (AvgIpc) is 2.59. The van der Waals surface area contributed by atoms with Gasteiger partial charge in [0.05, 0.1) is 0 Å². The van der Waals surface area contributed by atoms with Crippen molar-refractivity contribution in [2.75, 3.05) is 19.6 Å². The zero-order valence-electron chi connectivity index (χ0n) is 15.3. The average molecular weight is 330 g/mol. The Balaban J connectivity index is 1.95. The monoisotopic (exact) mass is 330 g/mol. The molecule has 0 bridgehead atoms. The van der Waals surface area contributed by atoms with Crippen LogP contribution in [0.1, 0.15) is 38.8 Å². The minimum Gasteiger partial charge on any atom is -0.357 e. The number of carbonyl (C=O) groups excluding carboxylic acids is 1. The molecule has 1 aromatic rings. The summed E-state index contributed by atoms with van der Waals surface area (Å²) < 4.78 is 0. The van der Waals surface area contributed by atoms with E-state index in [1.165, 1.54) is 11.1 Å². The molecule has 2 N–H and O–H groups in total. The highest BCUT2D eigenvalue weighted by Gasteiger charge is 2.20. The molecule has 1 aliphatic heterocycles. The number of aliphatic imine (C=N–C) groups is 1. The van der Waals surface area contributed by atoms with Gasteiger partial charge in [-0.25, -0.2) is 4.99 Å². The van der Waals surface area contributed by atoms with Gasteiger partial charge in [-0.05, 0) is 37.3 Å². The number of nitrogens with zero attached hydrogens (tertiary/aromatic N) is 2. The standard InChI is InChI=1S/C19H30N4O/c1-5-20-19(22-15(4)14(2)3)21-12-18(24)23-11-10-16-8-6-7-9-17(16)13-23/h6-9,14-15H,5,10-13H2,1-4H3,(H2,20,21,22). The van der Waals surface area contributed by atoms with Crippen molar-refractivity contribution < 1.29 is 4.79 Å². The van der Waals surface area contributed by atoms with Crippen molar-refractivity contribution in [1.82, 2.24) is 15.5 Å². The van der Waals surface area contributed by atoms with Crippen molar-refractivity contribution in [1.29, 1.82) is 0 Å². The van der Waals surface area contributed by atoms with Gasteiger partial charge >= 0.3 is 0 Å². The lowest BCUT2D eigenvalue weighted by molar-refractivity contribution is -0.130. The summed E-state index contributed by atoms with van der Waals surface area (Å²) in [7, 11) is 0. The number of hydrogen-bond donors (Lipinski definition) is 2. The van der Waals surface area contributed by atoms with Crippen LogP contribution in [0.4, 0.5) is 0 Å². The predicted molar refractivity (Wildman–Crippen MR) is 99.0 cm³/mol. The normalized spacial score (nSPS) is 15.9. The number of guanidine groups is 1. The maximum Gasteiger partial charge on any atom is 0.244 e. The van der Waals surface area contributed by atoms with Gasteiger partial charge in [0.2, 0.25) is 5.91 Å². The Hall–Kier alpha value is -2.04. The maximum atomic E-state index is 12.5. The van der Waals surface area contributed by atoms with E-state index in [1.54, 1.807) is 0 Å². The van der Waals surface area contributed by atoms with E-state index in [9.17, 15) is 4.79 Å². The molecule has 0 aromatic heterocycles. The van der Waals surface area contributed by atoms with E-state index in [0.717, 1.165) is 19.5 Å². The SMILES string of the molecule is CCNC(=NCC(=O)N1CCc2ccccc2C1)NC(C)C(C)C. The van der Waals surface area contributed by atoms with E-state index in [1.807, 2.05) is 17.9 Å². The molecule has 0 fully saturated rings. The molecule has 1 heterocycles. The molecule has 0 saturated heterocycles. The molecular weight excluding hydrogens is 300 g/mol. The first-order valence-corrected chi connectivity index (χ1v) is 8.90. The van der Waals surface area contributed by atoms with Crippen LogP contribution in [0.3, 0.4) is 0 Å². The summed E-state index contributed by atoms with van der Waals surface area (Å²) in [6, 6.07) is 8.65. The van der Waals surface area contributed by atoms with Gasteiger partial charge in [0, 0.05) is 25.7 Å². The number of rotatable bonds is 5. The fraction of sp³-hybridized carbons (Fsp3) is 0.579. The number of benzene rings is 1. The minimum atomic E-state index is 0.0823. The molecule has 5 heteroatoms. The summed E-state index contributed by atoms with van der Waals surface area (Å²) in [5.41, 5.74) is 2.60. The Morgan fingerprint density at radius 3 is 2.62 bits per heavy atom. The highest BCUT2D eigenvalue weighted by Crippen LogP contribution is 2.18. The molecule has 0 aliphatic carbocycles. The Morgan fingerprint density at radius 2 is 1.96 bits per heavy atom. The van der Waals surface area contributed by atoms with Crippen molar-refractivity contribution in [2.24, 2.45) is 10.9 Å². The molecule has 1 aromatic carbocycles. The number of fused-ring (bicyclic) bond motifs is 1. The molecule has 2 rings (SSSR count). The first-order chi connectivity index (χ1) is 11.5. The van der Waals surface area contributed by atoms with Crippen LogP contribution >= 0.6 is 0 Å². The van der Waals surface area contributed by atoms with Crippen LogP contribution < -0.4 is 10.6 Å². The summed E-state index contributed by atoms with van der Waals surface area (Å²) in [6.07, 6.45) is 0.925. The number of nitrogens with one attached hydrogen (secondary N) is 2. The Morgan fingerprint density at radius 1 is 1.25 bits per heavy atom. The van der Waals surface area contributed by atoms with E-state index in [4.69, 9.17) is 0 Å². The van der Waals surface area contributed by atoms with Crippen molar-refractivity contribution in [2.45, 2.75) is 46.7 Å². The second-order valence-electron chi connectivity index (χ2n) is 6.71.